The van der Waals surface area contributed by atoms with Gasteiger partial charge in [0.2, 0.25) is 0 Å². The van der Waals surface area contributed by atoms with Crippen LogP contribution in [0.2, 0.25) is 0 Å². The summed E-state index contributed by atoms with van der Waals surface area (Å²) in [5.41, 5.74) is 5.44. The van der Waals surface area contributed by atoms with Gasteiger partial charge in [0.1, 0.15) is 12.1 Å². The standard InChI is InChI=1S/C15H15N3O.2C2H6/c1-10-8-14(12-4-6-13(19-3)7-5-12)18-15(10)11(2)16-9-17-18;2*1-2/h4-9H,1-3H3;2*1-2H3. The number of hydrogen-bond donors (Lipinski definition) is 0. The van der Waals surface area contributed by atoms with E-state index in [0.29, 0.717) is 0 Å². The molecule has 124 valence electrons. The van der Waals surface area contributed by atoms with Crippen molar-refractivity contribution in [3.8, 4) is 17.0 Å². The van der Waals surface area contributed by atoms with Crippen LogP contribution in [-0.2, 0) is 0 Å². The van der Waals surface area contributed by atoms with Crippen molar-refractivity contribution in [2.75, 3.05) is 7.11 Å². The Morgan fingerprint density at radius 2 is 1.57 bits per heavy atom. The first-order valence-electron chi connectivity index (χ1n) is 8.15. The maximum absolute atomic E-state index is 5.18. The summed E-state index contributed by atoms with van der Waals surface area (Å²) in [6.07, 6.45) is 1.59. The van der Waals surface area contributed by atoms with Gasteiger partial charge in [0.25, 0.3) is 0 Å². The van der Waals surface area contributed by atoms with E-state index >= 15 is 0 Å². The number of hydrogen-bond acceptors (Lipinski definition) is 3. The summed E-state index contributed by atoms with van der Waals surface area (Å²) in [4.78, 5) is 4.25. The van der Waals surface area contributed by atoms with Gasteiger partial charge in [-0.2, -0.15) is 5.10 Å². The zero-order chi connectivity index (χ0) is 17.4. The maximum Gasteiger partial charge on any atom is 0.136 e. The van der Waals surface area contributed by atoms with Crippen molar-refractivity contribution in [2.45, 2.75) is 41.5 Å². The minimum Gasteiger partial charge on any atom is -0.497 e. The highest BCUT2D eigenvalue weighted by atomic mass is 16.5. The number of aromatic nitrogens is 3. The van der Waals surface area contributed by atoms with Crippen LogP contribution in [0.25, 0.3) is 16.8 Å². The molecule has 1 aromatic carbocycles. The van der Waals surface area contributed by atoms with E-state index in [2.05, 4.69) is 23.1 Å². The summed E-state index contributed by atoms with van der Waals surface area (Å²) in [6, 6.07) is 10.1. The molecule has 0 aliphatic heterocycles. The largest absolute Gasteiger partial charge is 0.497 e. The van der Waals surface area contributed by atoms with Crippen LogP contribution in [0.4, 0.5) is 0 Å². The minimum absolute atomic E-state index is 0.854. The van der Waals surface area contributed by atoms with Crippen molar-refractivity contribution in [3.63, 3.8) is 0 Å². The van der Waals surface area contributed by atoms with E-state index in [1.54, 1.807) is 13.4 Å². The van der Waals surface area contributed by atoms with Gasteiger partial charge in [-0.05, 0) is 49.7 Å². The van der Waals surface area contributed by atoms with Crippen LogP contribution in [0.5, 0.6) is 5.75 Å². The molecule has 0 fully saturated rings. The quantitative estimate of drug-likeness (QED) is 0.662. The lowest BCUT2D eigenvalue weighted by Crippen LogP contribution is -1.97. The maximum atomic E-state index is 5.18. The van der Waals surface area contributed by atoms with Gasteiger partial charge in [-0.1, -0.05) is 27.7 Å². The van der Waals surface area contributed by atoms with Crippen LogP contribution in [0.1, 0.15) is 39.0 Å². The normalized spacial score (nSPS) is 9.52. The molecule has 0 aliphatic carbocycles. The van der Waals surface area contributed by atoms with Gasteiger partial charge in [-0.25, -0.2) is 9.50 Å². The van der Waals surface area contributed by atoms with Gasteiger partial charge < -0.3 is 4.74 Å². The lowest BCUT2D eigenvalue weighted by molar-refractivity contribution is 0.415. The average molecular weight is 313 g/mol. The van der Waals surface area contributed by atoms with Gasteiger partial charge in [0.15, 0.2) is 0 Å². The Morgan fingerprint density at radius 1 is 0.957 bits per heavy atom. The smallest absolute Gasteiger partial charge is 0.136 e. The summed E-state index contributed by atoms with van der Waals surface area (Å²) in [5.74, 6) is 0.854. The Kier molecular flexibility index (Phi) is 7.26. The van der Waals surface area contributed by atoms with Crippen molar-refractivity contribution in [1.82, 2.24) is 14.6 Å². The molecule has 4 heteroatoms. The SMILES string of the molecule is CC.CC.COc1ccc(-c2cc(C)c3c(C)ncnn23)cc1. The molecule has 23 heavy (non-hydrogen) atoms. The minimum atomic E-state index is 0.854. The summed E-state index contributed by atoms with van der Waals surface area (Å²) in [5, 5.41) is 4.36. The first kappa shape index (κ1) is 18.7. The fourth-order valence-electron chi connectivity index (χ4n) is 2.37. The van der Waals surface area contributed by atoms with E-state index < -0.39 is 0 Å². The Hall–Kier alpha value is -2.36. The third kappa shape index (κ3) is 3.89. The zero-order valence-electron chi connectivity index (χ0n) is 15.2. The molecule has 3 rings (SSSR count). The Labute approximate surface area is 139 Å². The molecule has 2 aromatic heterocycles. The molecule has 0 saturated heterocycles. The number of nitrogens with zero attached hydrogens (tertiary/aromatic N) is 3. The topological polar surface area (TPSA) is 39.4 Å². The van der Waals surface area contributed by atoms with E-state index in [9.17, 15) is 0 Å². The van der Waals surface area contributed by atoms with Crippen LogP contribution < -0.4 is 4.74 Å². The molecule has 0 spiro atoms. The van der Waals surface area contributed by atoms with E-state index in [1.807, 2.05) is 63.4 Å². The lowest BCUT2D eigenvalue weighted by Gasteiger charge is -2.04. The summed E-state index contributed by atoms with van der Waals surface area (Å²) < 4.78 is 7.13. The predicted molar refractivity (Wildman–Crippen MR) is 97.1 cm³/mol. The van der Waals surface area contributed by atoms with Gasteiger partial charge in [0, 0.05) is 5.56 Å². The molecule has 0 bridgehead atoms. The number of rotatable bonds is 2. The van der Waals surface area contributed by atoms with Crippen LogP contribution in [0.3, 0.4) is 0 Å². The second-order valence-electron chi connectivity index (χ2n) is 4.55. The fraction of sp³-hybridized carbons (Fsp3) is 0.368. The van der Waals surface area contributed by atoms with Crippen LogP contribution in [0.15, 0.2) is 36.7 Å². The van der Waals surface area contributed by atoms with Crippen LogP contribution >= 0.6 is 0 Å². The molecule has 2 heterocycles. The number of benzene rings is 1. The third-order valence-electron chi connectivity index (χ3n) is 3.31. The average Bonchev–Trinajstić information content (AvgIpc) is 2.97. The highest BCUT2D eigenvalue weighted by Gasteiger charge is 2.11. The molecule has 0 unspecified atom stereocenters. The van der Waals surface area contributed by atoms with E-state index in [1.165, 1.54) is 5.56 Å². The Morgan fingerprint density at radius 3 is 2.13 bits per heavy atom. The highest BCUT2D eigenvalue weighted by molar-refractivity contribution is 5.71. The number of ether oxygens (including phenoxy) is 1. The molecule has 3 aromatic rings. The van der Waals surface area contributed by atoms with E-state index in [0.717, 1.165) is 28.2 Å². The Balaban J connectivity index is 0.000000615. The second kappa shape index (κ2) is 8.93. The van der Waals surface area contributed by atoms with Gasteiger partial charge in [-0.15, -0.1) is 0 Å². The molecular formula is C19H27N3O. The third-order valence-corrected chi connectivity index (χ3v) is 3.31. The van der Waals surface area contributed by atoms with E-state index in [4.69, 9.17) is 4.74 Å². The van der Waals surface area contributed by atoms with Crippen molar-refractivity contribution >= 4 is 5.52 Å². The summed E-state index contributed by atoms with van der Waals surface area (Å²) in [6.45, 7) is 12.1. The molecule has 0 aliphatic rings. The molecular weight excluding hydrogens is 286 g/mol. The molecule has 0 amide bonds. The molecule has 0 radical (unpaired) electrons. The van der Waals surface area contributed by atoms with Crippen molar-refractivity contribution in [3.05, 3.63) is 47.9 Å². The number of fused-ring (bicyclic) bond motifs is 1. The molecule has 0 saturated carbocycles. The molecule has 0 atom stereocenters. The van der Waals surface area contributed by atoms with Gasteiger partial charge in [0.05, 0.1) is 24.0 Å². The van der Waals surface area contributed by atoms with E-state index in [-0.39, 0.29) is 0 Å². The lowest BCUT2D eigenvalue weighted by atomic mass is 10.1. The predicted octanol–water partition coefficient (Wildman–Crippen LogP) is 5.07. The first-order chi connectivity index (χ1) is 11.2. The van der Waals surface area contributed by atoms with Crippen molar-refractivity contribution < 1.29 is 4.74 Å². The van der Waals surface area contributed by atoms with Crippen LogP contribution in [0, 0.1) is 13.8 Å². The number of methoxy groups -OCH3 is 1. The molecule has 4 nitrogen and oxygen atoms in total. The highest BCUT2D eigenvalue weighted by Crippen LogP contribution is 2.27. The second-order valence-corrected chi connectivity index (χ2v) is 4.55. The first-order valence-corrected chi connectivity index (χ1v) is 8.15. The van der Waals surface area contributed by atoms with Gasteiger partial charge in [-0.3, -0.25) is 0 Å². The number of aryl methyl sites for hydroxylation is 2. The summed E-state index contributed by atoms with van der Waals surface area (Å²) in [7, 11) is 1.67. The van der Waals surface area contributed by atoms with Crippen LogP contribution in [-0.4, -0.2) is 21.7 Å². The van der Waals surface area contributed by atoms with Crippen molar-refractivity contribution in [1.29, 1.82) is 0 Å². The monoisotopic (exact) mass is 313 g/mol. The zero-order valence-corrected chi connectivity index (χ0v) is 15.2. The van der Waals surface area contributed by atoms with Crippen molar-refractivity contribution in [2.24, 2.45) is 0 Å². The fourth-order valence-corrected chi connectivity index (χ4v) is 2.37. The Bertz CT molecular complexity index is 730. The van der Waals surface area contributed by atoms with Gasteiger partial charge >= 0.3 is 0 Å². The molecule has 0 N–H and O–H groups in total. The summed E-state index contributed by atoms with van der Waals surface area (Å²) >= 11 is 0.